The maximum Gasteiger partial charge on any atom is 0.243 e. The number of ether oxygens (including phenoxy) is 2. The van der Waals surface area contributed by atoms with Crippen LogP contribution in [0.4, 0.5) is 11.4 Å². The zero-order chi connectivity index (χ0) is 19.3. The van der Waals surface area contributed by atoms with Gasteiger partial charge in [0.05, 0.1) is 26.5 Å². The Morgan fingerprint density at radius 2 is 1.77 bits per heavy atom. The summed E-state index contributed by atoms with van der Waals surface area (Å²) in [6, 6.07) is 9.60. The fourth-order valence-electron chi connectivity index (χ4n) is 2.23. The number of halogens is 1. The number of methoxy groups -OCH3 is 2. The van der Waals surface area contributed by atoms with Gasteiger partial charge in [0.15, 0.2) is 15.6 Å². The van der Waals surface area contributed by atoms with Gasteiger partial charge in [-0.1, -0.05) is 11.6 Å². The van der Waals surface area contributed by atoms with Crippen LogP contribution in [0.2, 0.25) is 5.02 Å². The summed E-state index contributed by atoms with van der Waals surface area (Å²) in [4.78, 5) is 12.1. The molecule has 0 spiro atoms. The van der Waals surface area contributed by atoms with Crippen molar-refractivity contribution in [1.82, 2.24) is 0 Å². The summed E-state index contributed by atoms with van der Waals surface area (Å²) in [5.74, 6) is 0.123. The van der Waals surface area contributed by atoms with Gasteiger partial charge >= 0.3 is 0 Å². The van der Waals surface area contributed by atoms with Crippen LogP contribution >= 0.6 is 11.6 Å². The van der Waals surface area contributed by atoms with E-state index >= 15 is 0 Å². The number of benzene rings is 2. The minimum atomic E-state index is -3.55. The Kier molecular flexibility index (Phi) is 6.33. The van der Waals surface area contributed by atoms with Crippen molar-refractivity contribution < 1.29 is 22.7 Å². The van der Waals surface area contributed by atoms with Crippen molar-refractivity contribution in [3.63, 3.8) is 0 Å². The average Bonchev–Trinajstić information content (AvgIpc) is 2.60. The first-order valence-corrected chi connectivity index (χ1v) is 9.77. The van der Waals surface area contributed by atoms with Gasteiger partial charge in [0.25, 0.3) is 0 Å². The van der Waals surface area contributed by atoms with E-state index < -0.39 is 9.84 Å². The van der Waals surface area contributed by atoms with Crippen LogP contribution in [0.15, 0.2) is 41.3 Å². The van der Waals surface area contributed by atoms with Crippen LogP contribution in [0.1, 0.15) is 0 Å². The highest BCUT2D eigenvalue weighted by molar-refractivity contribution is 7.90. The molecular formula is C17H19ClN2O5S. The number of hydrogen-bond acceptors (Lipinski definition) is 6. The smallest absolute Gasteiger partial charge is 0.243 e. The van der Waals surface area contributed by atoms with Gasteiger partial charge in [0, 0.05) is 29.1 Å². The maximum atomic E-state index is 12.1. The second-order valence-corrected chi connectivity index (χ2v) is 7.81. The Labute approximate surface area is 157 Å². The van der Waals surface area contributed by atoms with Crippen LogP contribution in [0, 0.1) is 0 Å². The summed E-state index contributed by atoms with van der Waals surface area (Å²) < 4.78 is 34.3. The quantitative estimate of drug-likeness (QED) is 0.744. The SMILES string of the molecule is COc1cc(NCC(=O)Nc2ccc(Cl)cc2)c(OC)c(S(C)(=O)=O)c1. The Hall–Kier alpha value is -2.45. The highest BCUT2D eigenvalue weighted by Crippen LogP contribution is 2.36. The third kappa shape index (κ3) is 5.03. The first kappa shape index (κ1) is 19.9. The van der Waals surface area contributed by atoms with Gasteiger partial charge < -0.3 is 20.1 Å². The average molecular weight is 399 g/mol. The number of carbonyl (C=O) groups excluding carboxylic acids is 1. The van der Waals surface area contributed by atoms with Gasteiger partial charge in [-0.2, -0.15) is 0 Å². The Morgan fingerprint density at radius 3 is 2.31 bits per heavy atom. The van der Waals surface area contributed by atoms with Crippen molar-refractivity contribution in [2.75, 3.05) is 37.7 Å². The van der Waals surface area contributed by atoms with Gasteiger partial charge in [-0.25, -0.2) is 8.42 Å². The number of nitrogens with one attached hydrogen (secondary N) is 2. The molecule has 0 radical (unpaired) electrons. The number of sulfone groups is 1. The topological polar surface area (TPSA) is 93.7 Å². The van der Waals surface area contributed by atoms with E-state index in [0.717, 1.165) is 6.26 Å². The van der Waals surface area contributed by atoms with Crippen LogP contribution in [0.3, 0.4) is 0 Å². The van der Waals surface area contributed by atoms with E-state index in [1.165, 1.54) is 20.3 Å². The summed E-state index contributed by atoms with van der Waals surface area (Å²) in [7, 11) is -0.772. The molecule has 0 heterocycles. The zero-order valence-corrected chi connectivity index (χ0v) is 16.1. The predicted octanol–water partition coefficient (Wildman–Crippen LogP) is 2.81. The molecule has 26 heavy (non-hydrogen) atoms. The van der Waals surface area contributed by atoms with Gasteiger partial charge in [-0.15, -0.1) is 0 Å². The van der Waals surface area contributed by atoms with E-state index in [2.05, 4.69) is 10.6 Å². The fraction of sp³-hybridized carbons (Fsp3) is 0.235. The first-order valence-electron chi connectivity index (χ1n) is 7.50. The van der Waals surface area contributed by atoms with E-state index in [1.807, 2.05) is 0 Å². The minimum Gasteiger partial charge on any atom is -0.497 e. The van der Waals surface area contributed by atoms with Crippen LogP contribution < -0.4 is 20.1 Å². The van der Waals surface area contributed by atoms with Gasteiger partial charge in [0.2, 0.25) is 5.91 Å². The molecule has 0 atom stereocenters. The van der Waals surface area contributed by atoms with Gasteiger partial charge in [0.1, 0.15) is 10.6 Å². The molecule has 2 aromatic rings. The summed E-state index contributed by atoms with van der Waals surface area (Å²) in [5.41, 5.74) is 0.925. The highest BCUT2D eigenvalue weighted by atomic mass is 35.5. The van der Waals surface area contributed by atoms with E-state index in [-0.39, 0.29) is 23.1 Å². The number of anilines is 2. The largest absolute Gasteiger partial charge is 0.497 e. The van der Waals surface area contributed by atoms with E-state index in [9.17, 15) is 13.2 Å². The summed E-state index contributed by atoms with van der Waals surface area (Å²) >= 11 is 5.80. The standard InChI is InChI=1S/C17H19ClN2O5S/c1-24-13-8-14(17(25-2)15(9-13)26(3,22)23)19-10-16(21)20-12-6-4-11(18)5-7-12/h4-9,19H,10H2,1-3H3,(H,20,21). The van der Waals surface area contributed by atoms with Crippen molar-refractivity contribution in [2.45, 2.75) is 4.90 Å². The molecule has 2 rings (SSSR count). The Morgan fingerprint density at radius 1 is 1.12 bits per heavy atom. The molecule has 7 nitrogen and oxygen atoms in total. The second-order valence-electron chi connectivity index (χ2n) is 5.39. The molecule has 2 N–H and O–H groups in total. The van der Waals surface area contributed by atoms with Crippen LogP contribution in [0.25, 0.3) is 0 Å². The van der Waals surface area contributed by atoms with Gasteiger partial charge in [-0.05, 0) is 24.3 Å². The van der Waals surface area contributed by atoms with Crippen molar-refractivity contribution in [1.29, 1.82) is 0 Å². The molecule has 9 heteroatoms. The predicted molar refractivity (Wildman–Crippen MR) is 101 cm³/mol. The Bertz CT molecular complexity index is 898. The van der Waals surface area contributed by atoms with E-state index in [1.54, 1.807) is 30.3 Å². The minimum absolute atomic E-state index is 0.0278. The molecule has 0 bridgehead atoms. The third-order valence-electron chi connectivity index (χ3n) is 3.44. The fourth-order valence-corrected chi connectivity index (χ4v) is 3.21. The number of carbonyl (C=O) groups is 1. The molecule has 0 saturated heterocycles. The normalized spacial score (nSPS) is 10.9. The van der Waals surface area contributed by atoms with Crippen molar-refractivity contribution in [2.24, 2.45) is 0 Å². The molecule has 0 aliphatic carbocycles. The van der Waals surface area contributed by atoms with Crippen LogP contribution in [-0.2, 0) is 14.6 Å². The van der Waals surface area contributed by atoms with Gasteiger partial charge in [-0.3, -0.25) is 4.79 Å². The van der Waals surface area contributed by atoms with Crippen molar-refractivity contribution >= 4 is 38.7 Å². The monoisotopic (exact) mass is 398 g/mol. The lowest BCUT2D eigenvalue weighted by Crippen LogP contribution is -2.22. The lowest BCUT2D eigenvalue weighted by molar-refractivity contribution is -0.114. The molecule has 1 amide bonds. The highest BCUT2D eigenvalue weighted by Gasteiger charge is 2.20. The molecule has 140 valence electrons. The summed E-state index contributed by atoms with van der Waals surface area (Å²) in [5, 5.41) is 6.14. The summed E-state index contributed by atoms with van der Waals surface area (Å²) in [6.45, 7) is -0.102. The van der Waals surface area contributed by atoms with E-state index in [0.29, 0.717) is 22.1 Å². The van der Waals surface area contributed by atoms with Crippen molar-refractivity contribution in [3.8, 4) is 11.5 Å². The molecule has 0 aliphatic rings. The third-order valence-corrected chi connectivity index (χ3v) is 4.79. The molecule has 0 aliphatic heterocycles. The molecular weight excluding hydrogens is 380 g/mol. The molecule has 0 aromatic heterocycles. The van der Waals surface area contributed by atoms with E-state index in [4.69, 9.17) is 21.1 Å². The molecule has 0 fully saturated rings. The second kappa shape index (κ2) is 8.29. The lowest BCUT2D eigenvalue weighted by Gasteiger charge is -2.16. The van der Waals surface area contributed by atoms with Crippen LogP contribution in [-0.4, -0.2) is 41.3 Å². The molecule has 0 saturated carbocycles. The lowest BCUT2D eigenvalue weighted by atomic mass is 10.2. The maximum absolute atomic E-state index is 12.1. The zero-order valence-electron chi connectivity index (χ0n) is 14.5. The number of amides is 1. The van der Waals surface area contributed by atoms with Crippen molar-refractivity contribution in [3.05, 3.63) is 41.4 Å². The first-order chi connectivity index (χ1) is 12.2. The molecule has 0 unspecified atom stereocenters. The number of rotatable bonds is 7. The Balaban J connectivity index is 2.20. The van der Waals surface area contributed by atoms with Crippen LogP contribution in [0.5, 0.6) is 11.5 Å². The number of hydrogen-bond donors (Lipinski definition) is 2. The molecule has 2 aromatic carbocycles. The summed E-state index contributed by atoms with van der Waals surface area (Å²) in [6.07, 6.45) is 1.07.